The van der Waals surface area contributed by atoms with Crippen LogP contribution in [-0.4, -0.2) is 0 Å². The first-order valence-electron chi connectivity index (χ1n) is 5.73. The summed E-state index contributed by atoms with van der Waals surface area (Å²) in [4.78, 5) is 0. The molecule has 2 aromatic rings. The van der Waals surface area contributed by atoms with Crippen LogP contribution in [0.3, 0.4) is 0 Å². The van der Waals surface area contributed by atoms with Gasteiger partial charge in [-0.15, -0.1) is 0 Å². The molecule has 0 spiro atoms. The van der Waals surface area contributed by atoms with Crippen molar-refractivity contribution >= 4 is 11.4 Å². The highest BCUT2D eigenvalue weighted by Crippen LogP contribution is 2.27. The molecule has 0 saturated carbocycles. The van der Waals surface area contributed by atoms with E-state index in [1.807, 2.05) is 6.07 Å². The van der Waals surface area contributed by atoms with Crippen LogP contribution in [0, 0.1) is 41.2 Å². The van der Waals surface area contributed by atoms with Crippen molar-refractivity contribution < 1.29 is 8.78 Å². The average Bonchev–Trinajstić information content (AvgIpc) is 2.44. The van der Waals surface area contributed by atoms with E-state index in [0.717, 1.165) is 5.56 Å². The summed E-state index contributed by atoms with van der Waals surface area (Å²) in [5.41, 5.74) is 0.987. The van der Waals surface area contributed by atoms with Crippen molar-refractivity contribution in [2.24, 2.45) is 0 Å². The van der Waals surface area contributed by atoms with Crippen molar-refractivity contribution in [1.29, 1.82) is 10.5 Å². The third-order valence-corrected chi connectivity index (χ3v) is 2.86. The minimum Gasteiger partial charge on any atom is -0.352 e. The maximum atomic E-state index is 13.8. The second-order valence-electron chi connectivity index (χ2n) is 4.13. The number of nitrogens with zero attached hydrogens (tertiary/aromatic N) is 2. The molecule has 1 N–H and O–H groups in total. The lowest BCUT2D eigenvalue weighted by atomic mass is 10.1. The Morgan fingerprint density at radius 2 is 1.70 bits per heavy atom. The van der Waals surface area contributed by atoms with Crippen molar-refractivity contribution in [1.82, 2.24) is 0 Å². The number of hydrogen-bond donors (Lipinski definition) is 1. The molecule has 0 amide bonds. The molecule has 0 heterocycles. The van der Waals surface area contributed by atoms with E-state index >= 15 is 0 Å². The van der Waals surface area contributed by atoms with Crippen LogP contribution in [0.2, 0.25) is 0 Å². The largest absolute Gasteiger partial charge is 0.352 e. The van der Waals surface area contributed by atoms with Crippen LogP contribution < -0.4 is 5.32 Å². The molecule has 3 nitrogen and oxygen atoms in total. The summed E-state index contributed by atoms with van der Waals surface area (Å²) in [6.45, 7) is 1.75. The van der Waals surface area contributed by atoms with E-state index in [9.17, 15) is 8.78 Å². The normalized spacial score (nSPS) is 9.65. The molecule has 20 heavy (non-hydrogen) atoms. The second kappa shape index (κ2) is 5.38. The molecule has 0 saturated heterocycles. The van der Waals surface area contributed by atoms with Crippen LogP contribution in [-0.2, 0) is 0 Å². The number of rotatable bonds is 2. The van der Waals surface area contributed by atoms with Gasteiger partial charge in [0, 0.05) is 0 Å². The third-order valence-electron chi connectivity index (χ3n) is 2.86. The van der Waals surface area contributed by atoms with Crippen molar-refractivity contribution in [3.05, 3.63) is 58.7 Å². The van der Waals surface area contributed by atoms with Gasteiger partial charge < -0.3 is 5.32 Å². The molecule has 5 heteroatoms. The Balaban J connectivity index is 2.47. The van der Waals surface area contributed by atoms with Gasteiger partial charge in [-0.3, -0.25) is 0 Å². The van der Waals surface area contributed by atoms with Gasteiger partial charge in [0.25, 0.3) is 0 Å². The fourth-order valence-corrected chi connectivity index (χ4v) is 1.80. The standard InChI is InChI=1S/C15H9F2N3/c1-9-3-2-4-12(11(9)8-19)20-13-6-5-10(7-18)14(16)15(13)17/h2-6,20H,1H3. The first-order valence-corrected chi connectivity index (χ1v) is 5.73. The van der Waals surface area contributed by atoms with E-state index in [1.165, 1.54) is 12.1 Å². The second-order valence-corrected chi connectivity index (χ2v) is 4.13. The first kappa shape index (κ1) is 13.5. The maximum absolute atomic E-state index is 13.8. The van der Waals surface area contributed by atoms with Crippen molar-refractivity contribution in [3.8, 4) is 12.1 Å². The van der Waals surface area contributed by atoms with Crippen LogP contribution in [0.25, 0.3) is 0 Å². The molecule has 0 aromatic heterocycles. The summed E-state index contributed by atoms with van der Waals surface area (Å²) >= 11 is 0. The SMILES string of the molecule is Cc1cccc(Nc2ccc(C#N)c(F)c2F)c1C#N. The smallest absolute Gasteiger partial charge is 0.183 e. The van der Waals surface area contributed by atoms with E-state index in [4.69, 9.17) is 10.5 Å². The highest BCUT2D eigenvalue weighted by Gasteiger charge is 2.14. The number of nitriles is 2. The molecule has 0 aliphatic carbocycles. The first-order chi connectivity index (χ1) is 9.58. The lowest BCUT2D eigenvalue weighted by Crippen LogP contribution is -2.01. The summed E-state index contributed by atoms with van der Waals surface area (Å²) in [6, 6.07) is 11.1. The van der Waals surface area contributed by atoms with Gasteiger partial charge in [0.2, 0.25) is 0 Å². The molecule has 0 bridgehead atoms. The predicted molar refractivity (Wildman–Crippen MR) is 70.2 cm³/mol. The summed E-state index contributed by atoms with van der Waals surface area (Å²) in [6.07, 6.45) is 0. The molecule has 2 rings (SSSR count). The summed E-state index contributed by atoms with van der Waals surface area (Å²) in [7, 11) is 0. The summed E-state index contributed by atoms with van der Waals surface area (Å²) in [5, 5.41) is 20.4. The molecule has 0 unspecified atom stereocenters. The Morgan fingerprint density at radius 1 is 0.950 bits per heavy atom. The van der Waals surface area contributed by atoms with Crippen LogP contribution in [0.1, 0.15) is 16.7 Å². The van der Waals surface area contributed by atoms with Gasteiger partial charge in [-0.25, -0.2) is 8.78 Å². The quantitative estimate of drug-likeness (QED) is 0.902. The van der Waals surface area contributed by atoms with Gasteiger partial charge in [0.15, 0.2) is 11.6 Å². The minimum absolute atomic E-state index is 0.122. The number of nitrogens with one attached hydrogen (secondary N) is 1. The Morgan fingerprint density at radius 3 is 2.35 bits per heavy atom. The zero-order valence-corrected chi connectivity index (χ0v) is 10.5. The summed E-state index contributed by atoms with van der Waals surface area (Å²) < 4.78 is 27.3. The fourth-order valence-electron chi connectivity index (χ4n) is 1.80. The number of benzene rings is 2. The van der Waals surface area contributed by atoms with Gasteiger partial charge in [-0.2, -0.15) is 10.5 Å². The Labute approximate surface area is 114 Å². The van der Waals surface area contributed by atoms with E-state index in [0.29, 0.717) is 11.3 Å². The minimum atomic E-state index is -1.20. The van der Waals surface area contributed by atoms with Crippen LogP contribution >= 0.6 is 0 Å². The molecular weight excluding hydrogens is 260 g/mol. The third kappa shape index (κ3) is 2.30. The topological polar surface area (TPSA) is 59.6 Å². The highest BCUT2D eigenvalue weighted by molar-refractivity contribution is 5.69. The lowest BCUT2D eigenvalue weighted by molar-refractivity contribution is 0.509. The number of hydrogen-bond acceptors (Lipinski definition) is 3. The van der Waals surface area contributed by atoms with Gasteiger partial charge in [0.05, 0.1) is 22.5 Å². The van der Waals surface area contributed by atoms with E-state index in [1.54, 1.807) is 31.2 Å². The Bertz CT molecular complexity index is 755. The molecule has 98 valence electrons. The van der Waals surface area contributed by atoms with Gasteiger partial charge in [0.1, 0.15) is 12.1 Å². The van der Waals surface area contributed by atoms with Crippen LogP contribution in [0.4, 0.5) is 20.2 Å². The van der Waals surface area contributed by atoms with Crippen molar-refractivity contribution in [3.63, 3.8) is 0 Å². The van der Waals surface area contributed by atoms with Gasteiger partial charge in [-0.1, -0.05) is 12.1 Å². The number of halogens is 2. The maximum Gasteiger partial charge on any atom is 0.183 e. The molecule has 0 atom stereocenters. The van der Waals surface area contributed by atoms with Crippen LogP contribution in [0.5, 0.6) is 0 Å². The van der Waals surface area contributed by atoms with E-state index in [2.05, 4.69) is 5.32 Å². The number of anilines is 2. The van der Waals surface area contributed by atoms with Gasteiger partial charge >= 0.3 is 0 Å². The van der Waals surface area contributed by atoms with Crippen LogP contribution in [0.15, 0.2) is 30.3 Å². The van der Waals surface area contributed by atoms with E-state index in [-0.39, 0.29) is 11.3 Å². The predicted octanol–water partition coefficient (Wildman–Crippen LogP) is 3.76. The highest BCUT2D eigenvalue weighted by atomic mass is 19.2. The zero-order valence-electron chi connectivity index (χ0n) is 10.5. The molecular formula is C15H9F2N3. The molecule has 0 aliphatic rings. The molecule has 2 aromatic carbocycles. The van der Waals surface area contributed by atoms with Crippen molar-refractivity contribution in [2.75, 3.05) is 5.32 Å². The summed E-state index contributed by atoms with van der Waals surface area (Å²) in [5.74, 6) is -2.35. The molecule has 0 radical (unpaired) electrons. The number of aryl methyl sites for hydroxylation is 1. The monoisotopic (exact) mass is 269 g/mol. The Hall–Kier alpha value is -2.92. The molecule has 0 aliphatic heterocycles. The molecule has 0 fully saturated rings. The van der Waals surface area contributed by atoms with E-state index < -0.39 is 11.6 Å². The van der Waals surface area contributed by atoms with Gasteiger partial charge in [-0.05, 0) is 30.7 Å². The fraction of sp³-hybridized carbons (Fsp3) is 0.0667. The van der Waals surface area contributed by atoms with Crippen molar-refractivity contribution in [2.45, 2.75) is 6.92 Å². The average molecular weight is 269 g/mol. The Kier molecular flexibility index (Phi) is 3.63. The zero-order chi connectivity index (χ0) is 14.7. The lowest BCUT2D eigenvalue weighted by Gasteiger charge is -2.11.